The van der Waals surface area contributed by atoms with E-state index in [-0.39, 0.29) is 17.2 Å². The highest BCUT2D eigenvalue weighted by Crippen LogP contribution is 2.23. The first kappa shape index (κ1) is 20.8. The minimum absolute atomic E-state index is 0.178. The minimum atomic E-state index is -3.48. The molecule has 1 aliphatic rings. The molecule has 1 fully saturated rings. The molecular weight excluding hydrogens is 406 g/mol. The molecule has 0 atom stereocenters. The highest BCUT2D eigenvalue weighted by atomic mass is 32.2. The first-order valence-corrected chi connectivity index (χ1v) is 11.3. The SMILES string of the molecule is O=C(CCSc1ccc(F)c(F)c1)Nc1ccc(S(=O)(=O)N2CCCC2)cc1. The Balaban J connectivity index is 1.50. The van der Waals surface area contributed by atoms with Gasteiger partial charge in [0.15, 0.2) is 11.6 Å². The Kier molecular flexibility index (Phi) is 6.69. The maximum atomic E-state index is 13.2. The lowest BCUT2D eigenvalue weighted by Gasteiger charge is -2.15. The van der Waals surface area contributed by atoms with Crippen LogP contribution in [0.15, 0.2) is 52.3 Å². The van der Waals surface area contributed by atoms with Crippen molar-refractivity contribution in [2.75, 3.05) is 24.2 Å². The van der Waals surface area contributed by atoms with Gasteiger partial charge in [-0.05, 0) is 55.3 Å². The Hall–Kier alpha value is -1.97. The van der Waals surface area contributed by atoms with Crippen LogP contribution < -0.4 is 5.32 Å². The predicted octanol–water partition coefficient (Wildman–Crippen LogP) is 3.87. The lowest BCUT2D eigenvalue weighted by Crippen LogP contribution is -2.27. The Labute approximate surface area is 167 Å². The second-order valence-corrected chi connectivity index (χ2v) is 9.46. The van der Waals surface area contributed by atoms with Crippen molar-refractivity contribution in [2.45, 2.75) is 29.1 Å². The first-order valence-electron chi connectivity index (χ1n) is 8.84. The maximum absolute atomic E-state index is 13.2. The van der Waals surface area contributed by atoms with E-state index in [1.165, 1.54) is 34.3 Å². The standard InChI is InChI=1S/C19H20F2N2O3S2/c20-17-8-5-15(13-18(17)21)27-12-9-19(24)22-14-3-6-16(7-4-14)28(25,26)23-10-1-2-11-23/h3-8,13H,1-2,9-12H2,(H,22,24). The Bertz CT molecular complexity index is 944. The number of benzene rings is 2. The molecule has 2 aromatic carbocycles. The van der Waals surface area contributed by atoms with E-state index in [2.05, 4.69) is 5.32 Å². The van der Waals surface area contributed by atoms with Gasteiger partial charge in [0, 0.05) is 35.8 Å². The van der Waals surface area contributed by atoms with E-state index in [0.29, 0.717) is 29.4 Å². The van der Waals surface area contributed by atoms with Crippen LogP contribution in [0.5, 0.6) is 0 Å². The smallest absolute Gasteiger partial charge is 0.243 e. The van der Waals surface area contributed by atoms with Crippen molar-refractivity contribution in [3.8, 4) is 0 Å². The fourth-order valence-corrected chi connectivity index (χ4v) is 5.23. The fourth-order valence-electron chi connectivity index (χ4n) is 2.84. The number of anilines is 1. The van der Waals surface area contributed by atoms with E-state index in [0.717, 1.165) is 25.0 Å². The highest BCUT2D eigenvalue weighted by Gasteiger charge is 2.26. The normalized spacial score (nSPS) is 14.9. The van der Waals surface area contributed by atoms with Crippen molar-refractivity contribution in [3.05, 3.63) is 54.1 Å². The summed E-state index contributed by atoms with van der Waals surface area (Å²) in [6, 6.07) is 9.69. The van der Waals surface area contributed by atoms with Crippen LogP contribution in [0.2, 0.25) is 0 Å². The number of thioether (sulfide) groups is 1. The molecule has 1 heterocycles. The van der Waals surface area contributed by atoms with Gasteiger partial charge >= 0.3 is 0 Å². The first-order chi connectivity index (χ1) is 13.4. The zero-order valence-corrected chi connectivity index (χ0v) is 16.7. The molecule has 0 aliphatic carbocycles. The molecule has 0 bridgehead atoms. The van der Waals surface area contributed by atoms with E-state index < -0.39 is 21.7 Å². The third kappa shape index (κ3) is 5.09. The molecular formula is C19H20F2N2O3S2. The third-order valence-corrected chi connectivity index (χ3v) is 7.24. The lowest BCUT2D eigenvalue weighted by molar-refractivity contribution is -0.115. The lowest BCUT2D eigenvalue weighted by atomic mass is 10.3. The van der Waals surface area contributed by atoms with Gasteiger partial charge < -0.3 is 5.32 Å². The average Bonchev–Trinajstić information content (AvgIpc) is 3.21. The Morgan fingerprint density at radius 1 is 1.04 bits per heavy atom. The molecule has 0 saturated carbocycles. The molecule has 1 aliphatic heterocycles. The molecule has 1 amide bonds. The summed E-state index contributed by atoms with van der Waals surface area (Å²) in [5, 5.41) is 2.70. The molecule has 0 unspecified atom stereocenters. The molecule has 0 radical (unpaired) electrons. The van der Waals surface area contributed by atoms with Crippen LogP contribution in [-0.4, -0.2) is 37.5 Å². The van der Waals surface area contributed by atoms with E-state index in [9.17, 15) is 22.0 Å². The number of hydrogen-bond donors (Lipinski definition) is 1. The zero-order valence-electron chi connectivity index (χ0n) is 15.0. The van der Waals surface area contributed by atoms with Crippen LogP contribution in [0, 0.1) is 11.6 Å². The summed E-state index contributed by atoms with van der Waals surface area (Å²) in [7, 11) is -3.48. The predicted molar refractivity (Wildman–Crippen MR) is 105 cm³/mol. The quantitative estimate of drug-likeness (QED) is 0.683. The van der Waals surface area contributed by atoms with Gasteiger partial charge in [0.1, 0.15) is 0 Å². The molecule has 2 aromatic rings. The summed E-state index contributed by atoms with van der Waals surface area (Å²) in [4.78, 5) is 12.8. The molecule has 28 heavy (non-hydrogen) atoms. The molecule has 5 nitrogen and oxygen atoms in total. The third-order valence-electron chi connectivity index (χ3n) is 4.33. The zero-order chi connectivity index (χ0) is 20.1. The number of nitrogens with one attached hydrogen (secondary N) is 1. The minimum Gasteiger partial charge on any atom is -0.326 e. The van der Waals surface area contributed by atoms with Crippen LogP contribution in [0.25, 0.3) is 0 Å². The van der Waals surface area contributed by atoms with Gasteiger partial charge in [-0.15, -0.1) is 11.8 Å². The maximum Gasteiger partial charge on any atom is 0.243 e. The van der Waals surface area contributed by atoms with Crippen LogP contribution in [0.3, 0.4) is 0 Å². The van der Waals surface area contributed by atoms with Gasteiger partial charge in [0.2, 0.25) is 15.9 Å². The van der Waals surface area contributed by atoms with E-state index >= 15 is 0 Å². The second-order valence-electron chi connectivity index (χ2n) is 6.36. The fraction of sp³-hybridized carbons (Fsp3) is 0.316. The van der Waals surface area contributed by atoms with Gasteiger partial charge in [-0.2, -0.15) is 4.31 Å². The number of amides is 1. The van der Waals surface area contributed by atoms with Gasteiger partial charge in [-0.1, -0.05) is 0 Å². The van der Waals surface area contributed by atoms with Crippen molar-refractivity contribution >= 4 is 33.4 Å². The highest BCUT2D eigenvalue weighted by molar-refractivity contribution is 7.99. The largest absolute Gasteiger partial charge is 0.326 e. The topological polar surface area (TPSA) is 66.5 Å². The molecule has 3 rings (SSSR count). The van der Waals surface area contributed by atoms with Crippen LogP contribution in [0.1, 0.15) is 19.3 Å². The summed E-state index contributed by atoms with van der Waals surface area (Å²) < 4.78 is 52.5. The van der Waals surface area contributed by atoms with E-state index in [4.69, 9.17) is 0 Å². The van der Waals surface area contributed by atoms with Crippen LogP contribution in [0.4, 0.5) is 14.5 Å². The summed E-state index contributed by atoms with van der Waals surface area (Å²) in [6.07, 6.45) is 1.92. The number of nitrogens with zero attached hydrogens (tertiary/aromatic N) is 1. The molecule has 150 valence electrons. The summed E-state index contributed by atoms with van der Waals surface area (Å²) in [5.41, 5.74) is 0.503. The summed E-state index contributed by atoms with van der Waals surface area (Å²) in [5.74, 6) is -1.67. The van der Waals surface area contributed by atoms with Gasteiger partial charge in [-0.25, -0.2) is 17.2 Å². The van der Waals surface area contributed by atoms with Crippen molar-refractivity contribution in [2.24, 2.45) is 0 Å². The number of sulfonamides is 1. The van der Waals surface area contributed by atoms with E-state index in [1.54, 1.807) is 12.1 Å². The summed E-state index contributed by atoms with van der Waals surface area (Å²) >= 11 is 1.25. The summed E-state index contributed by atoms with van der Waals surface area (Å²) in [6.45, 7) is 1.08. The van der Waals surface area contributed by atoms with Crippen molar-refractivity contribution in [1.82, 2.24) is 4.31 Å². The number of carbonyl (C=O) groups excluding carboxylic acids is 1. The number of halogens is 2. The second kappa shape index (κ2) is 9.02. The number of carbonyl (C=O) groups is 1. The van der Waals surface area contributed by atoms with Gasteiger partial charge in [0.05, 0.1) is 4.90 Å². The van der Waals surface area contributed by atoms with Crippen molar-refractivity contribution < 1.29 is 22.0 Å². The Morgan fingerprint density at radius 3 is 2.36 bits per heavy atom. The van der Waals surface area contributed by atoms with Crippen molar-refractivity contribution in [1.29, 1.82) is 0 Å². The number of hydrogen-bond acceptors (Lipinski definition) is 4. The van der Waals surface area contributed by atoms with Gasteiger partial charge in [-0.3, -0.25) is 4.79 Å². The molecule has 1 N–H and O–H groups in total. The Morgan fingerprint density at radius 2 is 1.71 bits per heavy atom. The van der Waals surface area contributed by atoms with E-state index in [1.807, 2.05) is 0 Å². The average molecular weight is 427 g/mol. The number of rotatable bonds is 7. The molecule has 1 saturated heterocycles. The molecule has 9 heteroatoms. The van der Waals surface area contributed by atoms with Gasteiger partial charge in [0.25, 0.3) is 0 Å². The van der Waals surface area contributed by atoms with Crippen LogP contribution >= 0.6 is 11.8 Å². The monoisotopic (exact) mass is 426 g/mol. The van der Waals surface area contributed by atoms with Crippen LogP contribution in [-0.2, 0) is 14.8 Å². The molecule has 0 aromatic heterocycles. The molecule has 0 spiro atoms. The van der Waals surface area contributed by atoms with Crippen molar-refractivity contribution in [3.63, 3.8) is 0 Å².